The average Bonchev–Trinajstić information content (AvgIpc) is 2.45. The SMILES string of the molecule is COC(C)(OC)C(C)([SiH3])N(C)CCC[Si](C)(OC)OC. The minimum Gasteiger partial charge on any atom is -0.398 e. The van der Waals surface area contributed by atoms with E-state index < -0.39 is 14.3 Å². The predicted molar refractivity (Wildman–Crippen MR) is 88.5 cm³/mol. The molecular formula is C13H33NO4Si2. The van der Waals surface area contributed by atoms with Gasteiger partial charge in [-0.3, -0.25) is 4.90 Å². The molecule has 0 amide bonds. The average molecular weight is 324 g/mol. The third-order valence-electron chi connectivity index (χ3n) is 4.83. The maximum atomic E-state index is 5.59. The third kappa shape index (κ3) is 4.62. The largest absolute Gasteiger partial charge is 0.398 e. The Morgan fingerprint density at radius 2 is 1.50 bits per heavy atom. The normalized spacial score (nSPS) is 16.6. The van der Waals surface area contributed by atoms with Crippen LogP contribution in [0.1, 0.15) is 20.3 Å². The van der Waals surface area contributed by atoms with Gasteiger partial charge in [0.2, 0.25) is 0 Å². The summed E-state index contributed by atoms with van der Waals surface area (Å²) in [5.41, 5.74) is 0. The van der Waals surface area contributed by atoms with E-state index in [4.69, 9.17) is 18.3 Å². The third-order valence-corrected chi connectivity index (χ3v) is 9.49. The molecule has 0 fully saturated rings. The minimum absolute atomic E-state index is 0.103. The molecule has 20 heavy (non-hydrogen) atoms. The molecule has 0 aliphatic rings. The number of likely N-dealkylation sites (N-methyl/N-ethyl adjacent to an activating group) is 1. The molecule has 0 radical (unpaired) electrons. The van der Waals surface area contributed by atoms with E-state index in [1.54, 1.807) is 28.4 Å². The van der Waals surface area contributed by atoms with Gasteiger partial charge in [0.1, 0.15) is 0 Å². The molecule has 0 spiro atoms. The molecule has 0 saturated heterocycles. The van der Waals surface area contributed by atoms with Crippen molar-refractivity contribution < 1.29 is 18.3 Å². The van der Waals surface area contributed by atoms with Crippen LogP contribution in [0.25, 0.3) is 0 Å². The number of methoxy groups -OCH3 is 2. The fourth-order valence-electron chi connectivity index (χ4n) is 2.13. The first-order chi connectivity index (χ1) is 9.12. The molecule has 0 aliphatic carbocycles. The Morgan fingerprint density at radius 3 is 1.85 bits per heavy atom. The molecule has 0 rings (SSSR count). The summed E-state index contributed by atoms with van der Waals surface area (Å²) >= 11 is 0. The van der Waals surface area contributed by atoms with Crippen LogP contribution in [0.3, 0.4) is 0 Å². The van der Waals surface area contributed by atoms with Crippen molar-refractivity contribution in [1.82, 2.24) is 4.90 Å². The smallest absolute Gasteiger partial charge is 0.334 e. The predicted octanol–water partition coefficient (Wildman–Crippen LogP) is 0.764. The van der Waals surface area contributed by atoms with Gasteiger partial charge in [-0.1, -0.05) is 0 Å². The molecule has 5 nitrogen and oxygen atoms in total. The highest BCUT2D eigenvalue weighted by atomic mass is 28.4. The zero-order valence-corrected chi connectivity index (χ0v) is 17.7. The summed E-state index contributed by atoms with van der Waals surface area (Å²) in [6, 6.07) is 0.985. The van der Waals surface area contributed by atoms with Crippen LogP contribution in [0.5, 0.6) is 0 Å². The van der Waals surface area contributed by atoms with Crippen molar-refractivity contribution in [3.05, 3.63) is 0 Å². The molecular weight excluding hydrogens is 290 g/mol. The molecule has 1 atom stereocenters. The molecule has 0 aromatic rings. The number of hydrogen-bond acceptors (Lipinski definition) is 5. The van der Waals surface area contributed by atoms with Crippen molar-refractivity contribution in [2.24, 2.45) is 0 Å². The van der Waals surface area contributed by atoms with Gasteiger partial charge in [0, 0.05) is 38.7 Å². The number of hydrogen-bond donors (Lipinski definition) is 0. The zero-order chi connectivity index (χ0) is 16.0. The highest BCUT2D eigenvalue weighted by Gasteiger charge is 2.44. The van der Waals surface area contributed by atoms with Crippen molar-refractivity contribution in [2.75, 3.05) is 42.0 Å². The van der Waals surface area contributed by atoms with Crippen LogP contribution in [0.15, 0.2) is 0 Å². The highest BCUT2D eigenvalue weighted by molar-refractivity contribution is 6.65. The van der Waals surface area contributed by atoms with Gasteiger partial charge >= 0.3 is 8.56 Å². The van der Waals surface area contributed by atoms with Gasteiger partial charge in [0.15, 0.2) is 5.79 Å². The van der Waals surface area contributed by atoms with E-state index in [2.05, 4.69) is 25.4 Å². The Hall–Kier alpha value is 0.234. The Bertz CT molecular complexity index is 282. The van der Waals surface area contributed by atoms with Crippen LogP contribution in [0.2, 0.25) is 12.6 Å². The van der Waals surface area contributed by atoms with E-state index in [-0.39, 0.29) is 5.16 Å². The first-order valence-corrected chi connectivity index (χ1v) is 10.6. The van der Waals surface area contributed by atoms with E-state index in [0.717, 1.165) is 29.3 Å². The van der Waals surface area contributed by atoms with Crippen molar-refractivity contribution in [2.45, 2.75) is 43.8 Å². The van der Waals surface area contributed by atoms with E-state index in [1.807, 2.05) is 6.92 Å². The Labute approximate surface area is 128 Å². The van der Waals surface area contributed by atoms with E-state index in [9.17, 15) is 0 Å². The summed E-state index contributed by atoms with van der Waals surface area (Å²) in [6.45, 7) is 7.26. The lowest BCUT2D eigenvalue weighted by Crippen LogP contribution is -2.62. The minimum atomic E-state index is -1.96. The molecule has 1 unspecified atom stereocenters. The molecule has 0 aromatic carbocycles. The maximum absolute atomic E-state index is 5.59. The molecule has 0 heterocycles. The van der Waals surface area contributed by atoms with Gasteiger partial charge < -0.3 is 18.3 Å². The van der Waals surface area contributed by atoms with Gasteiger partial charge in [0.25, 0.3) is 0 Å². The maximum Gasteiger partial charge on any atom is 0.334 e. The Morgan fingerprint density at radius 1 is 1.05 bits per heavy atom. The second-order valence-electron chi connectivity index (χ2n) is 5.98. The van der Waals surface area contributed by atoms with Crippen LogP contribution < -0.4 is 0 Å². The van der Waals surface area contributed by atoms with E-state index in [1.165, 1.54) is 0 Å². The van der Waals surface area contributed by atoms with Crippen LogP contribution >= 0.6 is 0 Å². The van der Waals surface area contributed by atoms with Crippen LogP contribution in [0, 0.1) is 0 Å². The number of rotatable bonds is 10. The fraction of sp³-hybridized carbons (Fsp3) is 1.00. The fourth-order valence-corrected chi connectivity index (χ4v) is 4.14. The second kappa shape index (κ2) is 8.02. The quantitative estimate of drug-likeness (QED) is 0.439. The van der Waals surface area contributed by atoms with Crippen molar-refractivity contribution in [3.8, 4) is 0 Å². The van der Waals surface area contributed by atoms with Crippen molar-refractivity contribution in [1.29, 1.82) is 0 Å². The molecule has 122 valence electrons. The van der Waals surface area contributed by atoms with E-state index >= 15 is 0 Å². The lowest BCUT2D eigenvalue weighted by Gasteiger charge is -2.47. The zero-order valence-electron chi connectivity index (χ0n) is 14.7. The topological polar surface area (TPSA) is 40.2 Å². The van der Waals surface area contributed by atoms with Crippen molar-refractivity contribution >= 4 is 18.8 Å². The van der Waals surface area contributed by atoms with E-state index in [0.29, 0.717) is 0 Å². The summed E-state index contributed by atoms with van der Waals surface area (Å²) in [5.74, 6) is -0.586. The van der Waals surface area contributed by atoms with Gasteiger partial charge in [0.05, 0.1) is 5.16 Å². The summed E-state index contributed by atoms with van der Waals surface area (Å²) in [7, 11) is 7.99. The van der Waals surface area contributed by atoms with Crippen LogP contribution in [0.4, 0.5) is 0 Å². The summed E-state index contributed by atoms with van der Waals surface area (Å²) < 4.78 is 22.2. The molecule has 0 N–H and O–H groups in total. The molecule has 7 heteroatoms. The van der Waals surface area contributed by atoms with Gasteiger partial charge in [-0.15, -0.1) is 0 Å². The molecule has 0 bridgehead atoms. The standard InChI is InChI=1S/C13H33NO4Si2/c1-12(19,13(2,15-4)16-5)14(3)10-9-11-20(8,17-6)18-7/h9-11H2,1-8,19H3. The summed E-state index contributed by atoms with van der Waals surface area (Å²) in [6.07, 6.45) is 1.04. The lowest BCUT2D eigenvalue weighted by atomic mass is 10.1. The molecule has 0 aromatic heterocycles. The number of ether oxygens (including phenoxy) is 2. The highest BCUT2D eigenvalue weighted by Crippen LogP contribution is 2.29. The molecule has 0 saturated carbocycles. The summed E-state index contributed by atoms with van der Waals surface area (Å²) in [4.78, 5) is 2.33. The monoisotopic (exact) mass is 323 g/mol. The first kappa shape index (κ1) is 20.2. The van der Waals surface area contributed by atoms with Gasteiger partial charge in [-0.2, -0.15) is 0 Å². The van der Waals surface area contributed by atoms with Crippen LogP contribution in [-0.2, 0) is 18.3 Å². The summed E-state index contributed by atoms with van der Waals surface area (Å²) in [5, 5.41) is -0.103. The number of nitrogens with zero attached hydrogens (tertiary/aromatic N) is 1. The second-order valence-corrected chi connectivity index (χ2v) is 11.5. The Kier molecular flexibility index (Phi) is 8.12. The Balaban J connectivity index is 4.57. The van der Waals surface area contributed by atoms with Crippen molar-refractivity contribution in [3.63, 3.8) is 0 Å². The van der Waals surface area contributed by atoms with Gasteiger partial charge in [-0.05, 0) is 46.5 Å². The van der Waals surface area contributed by atoms with Crippen LogP contribution in [-0.4, -0.2) is 76.7 Å². The first-order valence-electron chi connectivity index (χ1n) is 7.04. The lowest BCUT2D eigenvalue weighted by molar-refractivity contribution is -0.239. The molecule has 0 aliphatic heterocycles. The van der Waals surface area contributed by atoms with Gasteiger partial charge in [-0.25, -0.2) is 0 Å².